The van der Waals surface area contributed by atoms with E-state index in [0.29, 0.717) is 40.4 Å². The summed E-state index contributed by atoms with van der Waals surface area (Å²) in [6, 6.07) is 9.45. The summed E-state index contributed by atoms with van der Waals surface area (Å²) >= 11 is 0. The molecule has 28 heavy (non-hydrogen) atoms. The fraction of sp³-hybridized carbons (Fsp3) is 0.238. The zero-order chi connectivity index (χ0) is 20.3. The van der Waals surface area contributed by atoms with E-state index in [-0.39, 0.29) is 18.1 Å². The third-order valence-electron chi connectivity index (χ3n) is 4.39. The van der Waals surface area contributed by atoms with Crippen molar-refractivity contribution < 1.29 is 18.5 Å². The van der Waals surface area contributed by atoms with Crippen molar-refractivity contribution in [2.24, 2.45) is 0 Å². The van der Waals surface area contributed by atoms with Crippen LogP contribution in [0.2, 0.25) is 0 Å². The van der Waals surface area contributed by atoms with E-state index >= 15 is 0 Å². The van der Waals surface area contributed by atoms with Gasteiger partial charge in [-0.25, -0.2) is 4.39 Å². The predicted molar refractivity (Wildman–Crippen MR) is 103 cm³/mol. The summed E-state index contributed by atoms with van der Waals surface area (Å²) in [6.45, 7) is 3.53. The fourth-order valence-electron chi connectivity index (χ4n) is 2.78. The maximum Gasteiger partial charge on any atom is 0.226 e. The van der Waals surface area contributed by atoms with Crippen molar-refractivity contribution in [1.82, 2.24) is 10.1 Å². The summed E-state index contributed by atoms with van der Waals surface area (Å²) in [6.07, 6.45) is 1.84. The van der Waals surface area contributed by atoms with Crippen LogP contribution in [0.3, 0.4) is 0 Å². The third-order valence-corrected chi connectivity index (χ3v) is 4.39. The zero-order valence-electron chi connectivity index (χ0n) is 15.9. The quantitative estimate of drug-likeness (QED) is 0.604. The molecule has 3 aromatic rings. The Bertz CT molecular complexity index is 1010. The average Bonchev–Trinajstić information content (AvgIpc) is 3.11. The molecule has 2 aromatic heterocycles. The van der Waals surface area contributed by atoms with Crippen molar-refractivity contribution >= 4 is 17.4 Å². The molecular formula is C21H20FN3O3. The Morgan fingerprint density at radius 2 is 1.96 bits per heavy atom. The highest BCUT2D eigenvalue weighted by atomic mass is 19.1. The predicted octanol–water partition coefficient (Wildman–Crippen LogP) is 3.98. The first kappa shape index (κ1) is 19.4. The van der Waals surface area contributed by atoms with Crippen LogP contribution in [0, 0.1) is 12.7 Å². The van der Waals surface area contributed by atoms with Gasteiger partial charge in [-0.15, -0.1) is 0 Å². The van der Waals surface area contributed by atoms with Crippen LogP contribution < -0.4 is 4.90 Å². The van der Waals surface area contributed by atoms with Crippen molar-refractivity contribution in [1.29, 1.82) is 0 Å². The molecule has 6 nitrogen and oxygen atoms in total. The average molecular weight is 381 g/mol. The molecule has 3 rings (SSSR count). The molecule has 0 radical (unpaired) electrons. The van der Waals surface area contributed by atoms with E-state index in [1.165, 1.54) is 17.2 Å². The van der Waals surface area contributed by atoms with Gasteiger partial charge >= 0.3 is 0 Å². The molecule has 2 heterocycles. The van der Waals surface area contributed by atoms with Crippen LogP contribution in [0.1, 0.15) is 35.2 Å². The largest absolute Gasteiger partial charge is 0.361 e. The number of aryl methyl sites for hydroxylation is 1. The highest BCUT2D eigenvalue weighted by molar-refractivity contribution is 5.97. The molecule has 144 valence electrons. The Hall–Kier alpha value is -3.35. The van der Waals surface area contributed by atoms with E-state index < -0.39 is 5.82 Å². The van der Waals surface area contributed by atoms with Gasteiger partial charge in [-0.2, -0.15) is 0 Å². The smallest absolute Gasteiger partial charge is 0.226 e. The summed E-state index contributed by atoms with van der Waals surface area (Å²) in [5.74, 6) is -0.267. The van der Waals surface area contributed by atoms with Crippen molar-refractivity contribution in [3.63, 3.8) is 0 Å². The summed E-state index contributed by atoms with van der Waals surface area (Å²) in [7, 11) is 1.61. The van der Waals surface area contributed by atoms with Gasteiger partial charge in [-0.05, 0) is 37.3 Å². The molecule has 0 aliphatic heterocycles. The second-order valence-electron chi connectivity index (χ2n) is 6.44. The minimum absolute atomic E-state index is 0.0860. The molecule has 0 aliphatic carbocycles. The summed E-state index contributed by atoms with van der Waals surface area (Å²) in [4.78, 5) is 29.7. The minimum atomic E-state index is -0.489. The number of Topliss-reactive ketones (excluding diaryl/α,β-unsaturated/α-hetero) is 1. The summed E-state index contributed by atoms with van der Waals surface area (Å²) in [5.41, 5.74) is 2.29. The fourth-order valence-corrected chi connectivity index (χ4v) is 2.78. The number of rotatable bonds is 6. The van der Waals surface area contributed by atoms with E-state index in [2.05, 4.69) is 10.1 Å². The first-order chi connectivity index (χ1) is 13.4. The van der Waals surface area contributed by atoms with Gasteiger partial charge in [0.25, 0.3) is 0 Å². The molecule has 0 bridgehead atoms. The van der Waals surface area contributed by atoms with E-state index in [4.69, 9.17) is 4.52 Å². The van der Waals surface area contributed by atoms with Crippen LogP contribution in [0.4, 0.5) is 10.1 Å². The van der Waals surface area contributed by atoms with Crippen molar-refractivity contribution in [3.05, 3.63) is 65.4 Å². The van der Waals surface area contributed by atoms with E-state index in [0.717, 1.165) is 0 Å². The molecule has 0 atom stereocenters. The Labute approximate surface area is 162 Å². The number of ketones is 1. The number of anilines is 1. The number of amides is 1. The number of nitrogens with zero attached hydrogens (tertiary/aromatic N) is 3. The number of hydrogen-bond donors (Lipinski definition) is 0. The lowest BCUT2D eigenvalue weighted by atomic mass is 10.1. The Balaban J connectivity index is 1.77. The van der Waals surface area contributed by atoms with Crippen LogP contribution in [0.25, 0.3) is 11.3 Å². The Kier molecular flexibility index (Phi) is 5.63. The number of benzene rings is 1. The van der Waals surface area contributed by atoms with Crippen LogP contribution in [0.5, 0.6) is 0 Å². The van der Waals surface area contributed by atoms with Crippen molar-refractivity contribution in [2.45, 2.75) is 26.7 Å². The lowest BCUT2D eigenvalue weighted by Crippen LogP contribution is -2.25. The van der Waals surface area contributed by atoms with Gasteiger partial charge in [-0.1, -0.05) is 12.1 Å². The van der Waals surface area contributed by atoms with Gasteiger partial charge in [0, 0.05) is 42.5 Å². The van der Waals surface area contributed by atoms with Gasteiger partial charge in [0.05, 0.1) is 17.8 Å². The number of carbonyl (C=O) groups excluding carboxylic acids is 2. The molecule has 0 saturated heterocycles. The molecule has 0 spiro atoms. The second-order valence-corrected chi connectivity index (χ2v) is 6.44. The number of pyridine rings is 1. The number of halogens is 1. The number of hydrogen-bond acceptors (Lipinski definition) is 5. The van der Waals surface area contributed by atoms with Gasteiger partial charge in [0.1, 0.15) is 11.6 Å². The first-order valence-electron chi connectivity index (χ1n) is 8.87. The molecule has 1 amide bonds. The standard InChI is InChI=1S/C21H20FN3O3/c1-4-21(27)25(3)15-6-7-17(18(22)10-15)19-8-5-14(12-23-19)20(26)11-16-9-13(2)24-28-16/h5-10,12H,4,11H2,1-3H3. The second kappa shape index (κ2) is 8.12. The first-order valence-corrected chi connectivity index (χ1v) is 8.87. The van der Waals surface area contributed by atoms with Gasteiger partial charge in [0.2, 0.25) is 5.91 Å². The molecule has 0 aliphatic rings. The van der Waals surface area contributed by atoms with Crippen LogP contribution in [-0.2, 0) is 11.2 Å². The monoisotopic (exact) mass is 381 g/mol. The number of carbonyl (C=O) groups is 2. The highest BCUT2D eigenvalue weighted by Gasteiger charge is 2.15. The minimum Gasteiger partial charge on any atom is -0.361 e. The maximum absolute atomic E-state index is 14.5. The Morgan fingerprint density at radius 3 is 2.54 bits per heavy atom. The molecule has 1 aromatic carbocycles. The molecule has 0 saturated carbocycles. The third kappa shape index (κ3) is 4.14. The van der Waals surface area contributed by atoms with Crippen molar-refractivity contribution in [2.75, 3.05) is 11.9 Å². The van der Waals surface area contributed by atoms with E-state index in [1.807, 2.05) is 0 Å². The summed E-state index contributed by atoms with van der Waals surface area (Å²) in [5, 5.41) is 3.75. The molecule has 0 unspecified atom stereocenters. The normalized spacial score (nSPS) is 10.7. The van der Waals surface area contributed by atoms with Gasteiger partial charge in [-0.3, -0.25) is 14.6 Å². The molecule has 0 fully saturated rings. The van der Waals surface area contributed by atoms with Crippen molar-refractivity contribution in [3.8, 4) is 11.3 Å². The lowest BCUT2D eigenvalue weighted by Gasteiger charge is -2.17. The molecule has 0 N–H and O–H groups in total. The van der Waals surface area contributed by atoms with Gasteiger partial charge < -0.3 is 9.42 Å². The Morgan fingerprint density at radius 1 is 1.18 bits per heavy atom. The zero-order valence-corrected chi connectivity index (χ0v) is 15.9. The van der Waals surface area contributed by atoms with Gasteiger partial charge in [0.15, 0.2) is 5.78 Å². The van der Waals surface area contributed by atoms with E-state index in [9.17, 15) is 14.0 Å². The van der Waals surface area contributed by atoms with Crippen LogP contribution in [-0.4, -0.2) is 28.9 Å². The SMILES string of the molecule is CCC(=O)N(C)c1ccc(-c2ccc(C(=O)Cc3cc(C)no3)cn2)c(F)c1. The molecule has 7 heteroatoms. The topological polar surface area (TPSA) is 76.3 Å². The van der Waals surface area contributed by atoms with Crippen LogP contribution in [0.15, 0.2) is 47.1 Å². The highest BCUT2D eigenvalue weighted by Crippen LogP contribution is 2.26. The lowest BCUT2D eigenvalue weighted by molar-refractivity contribution is -0.118. The maximum atomic E-state index is 14.5. The van der Waals surface area contributed by atoms with Crippen LogP contribution >= 0.6 is 0 Å². The number of aromatic nitrogens is 2. The molecular weight excluding hydrogens is 361 g/mol. The summed E-state index contributed by atoms with van der Waals surface area (Å²) < 4.78 is 19.6. The van der Waals surface area contributed by atoms with E-state index in [1.54, 1.807) is 51.2 Å².